The Hall–Kier alpha value is -0.610. The summed E-state index contributed by atoms with van der Waals surface area (Å²) in [5, 5.41) is 0. The van der Waals surface area contributed by atoms with Crippen LogP contribution in [0.5, 0.6) is 0 Å². The highest BCUT2D eigenvalue weighted by Crippen LogP contribution is 2.32. The van der Waals surface area contributed by atoms with Crippen LogP contribution in [0.4, 0.5) is 0 Å². The molecule has 0 saturated heterocycles. The van der Waals surface area contributed by atoms with E-state index in [2.05, 4.69) is 25.8 Å². The molecule has 0 amide bonds. The molecule has 100 valence electrons. The highest BCUT2D eigenvalue weighted by molar-refractivity contribution is 5.81. The highest BCUT2D eigenvalue weighted by atomic mass is 16.5. The Morgan fingerprint density at radius 2 is 2.24 bits per heavy atom. The number of esters is 1. The van der Waals surface area contributed by atoms with E-state index < -0.39 is 5.54 Å². The van der Waals surface area contributed by atoms with E-state index in [1.807, 2.05) is 6.92 Å². The molecular weight excluding hydrogens is 216 g/mol. The Morgan fingerprint density at radius 3 is 2.76 bits per heavy atom. The summed E-state index contributed by atoms with van der Waals surface area (Å²) in [7, 11) is 2.12. The predicted molar refractivity (Wildman–Crippen MR) is 68.7 cm³/mol. The first-order chi connectivity index (χ1) is 7.94. The fourth-order valence-corrected chi connectivity index (χ4v) is 2.50. The number of hydrogen-bond acceptors (Lipinski definition) is 4. The van der Waals surface area contributed by atoms with Gasteiger partial charge in [0.2, 0.25) is 0 Å². The Kier molecular flexibility index (Phi) is 4.95. The number of nitrogens with two attached hydrogens (primary N) is 1. The van der Waals surface area contributed by atoms with Gasteiger partial charge in [0.05, 0.1) is 6.61 Å². The summed E-state index contributed by atoms with van der Waals surface area (Å²) in [6.07, 6.45) is 3.55. The first-order valence-electron chi connectivity index (χ1n) is 6.62. The summed E-state index contributed by atoms with van der Waals surface area (Å²) in [6, 6.07) is 0.934. The van der Waals surface area contributed by atoms with Crippen LogP contribution in [0.25, 0.3) is 0 Å². The summed E-state index contributed by atoms with van der Waals surface area (Å²) < 4.78 is 5.06. The van der Waals surface area contributed by atoms with Crippen LogP contribution >= 0.6 is 0 Å². The van der Waals surface area contributed by atoms with Crippen LogP contribution in [0, 0.1) is 0 Å². The van der Waals surface area contributed by atoms with E-state index in [1.165, 1.54) is 0 Å². The van der Waals surface area contributed by atoms with Crippen molar-refractivity contribution in [3.8, 4) is 0 Å². The van der Waals surface area contributed by atoms with E-state index in [0.29, 0.717) is 25.1 Å². The third-order valence-electron chi connectivity index (χ3n) is 4.07. The molecule has 0 aromatic rings. The average Bonchev–Trinajstić information content (AvgIpc) is 2.71. The number of nitrogens with zero attached hydrogens (tertiary/aromatic N) is 1. The maximum Gasteiger partial charge on any atom is 0.326 e. The molecule has 1 rings (SSSR count). The van der Waals surface area contributed by atoms with Gasteiger partial charge in [0.15, 0.2) is 0 Å². The van der Waals surface area contributed by atoms with Gasteiger partial charge in [0.1, 0.15) is 5.54 Å². The molecule has 17 heavy (non-hydrogen) atoms. The third-order valence-corrected chi connectivity index (χ3v) is 4.07. The molecule has 4 nitrogen and oxygen atoms in total. The van der Waals surface area contributed by atoms with Crippen molar-refractivity contribution in [3.63, 3.8) is 0 Å². The second kappa shape index (κ2) is 5.83. The Bertz CT molecular complexity index is 270. The zero-order chi connectivity index (χ0) is 13.1. The average molecular weight is 242 g/mol. The van der Waals surface area contributed by atoms with Gasteiger partial charge in [-0.05, 0) is 46.6 Å². The van der Waals surface area contributed by atoms with Crippen molar-refractivity contribution >= 4 is 5.97 Å². The summed E-state index contributed by atoms with van der Waals surface area (Å²) in [5.41, 5.74) is 5.40. The second-order valence-corrected chi connectivity index (χ2v) is 5.20. The minimum atomic E-state index is -0.762. The van der Waals surface area contributed by atoms with E-state index >= 15 is 0 Å². The summed E-state index contributed by atoms with van der Waals surface area (Å²) >= 11 is 0. The van der Waals surface area contributed by atoms with Crippen LogP contribution in [-0.4, -0.2) is 42.1 Å². The number of carbonyl (C=O) groups is 1. The van der Waals surface area contributed by atoms with Crippen molar-refractivity contribution in [1.29, 1.82) is 0 Å². The van der Waals surface area contributed by atoms with Crippen molar-refractivity contribution in [2.45, 2.75) is 64.1 Å². The lowest BCUT2D eigenvalue weighted by molar-refractivity contribution is -0.149. The van der Waals surface area contributed by atoms with Gasteiger partial charge < -0.3 is 15.4 Å². The quantitative estimate of drug-likeness (QED) is 0.743. The molecular formula is C13H26N2O2. The molecule has 0 aromatic carbocycles. The molecule has 0 spiro atoms. The lowest BCUT2D eigenvalue weighted by Gasteiger charge is -2.31. The van der Waals surface area contributed by atoms with Gasteiger partial charge in [-0.1, -0.05) is 6.92 Å². The normalized spacial score (nSPS) is 30.6. The molecule has 1 saturated carbocycles. The van der Waals surface area contributed by atoms with Crippen molar-refractivity contribution < 1.29 is 9.53 Å². The molecule has 3 unspecified atom stereocenters. The lowest BCUT2D eigenvalue weighted by atomic mass is 9.99. The number of rotatable bonds is 5. The monoisotopic (exact) mass is 242 g/mol. The van der Waals surface area contributed by atoms with Crippen LogP contribution in [0.1, 0.15) is 46.5 Å². The summed E-state index contributed by atoms with van der Waals surface area (Å²) in [6.45, 7) is 6.61. The predicted octanol–water partition coefficient (Wildman–Crippen LogP) is 1.53. The molecule has 0 heterocycles. The number of ether oxygens (including phenoxy) is 1. The first kappa shape index (κ1) is 14.5. The summed E-state index contributed by atoms with van der Waals surface area (Å²) in [4.78, 5) is 14.2. The summed E-state index contributed by atoms with van der Waals surface area (Å²) in [5.74, 6) is -0.236. The molecule has 0 aromatic heterocycles. The smallest absolute Gasteiger partial charge is 0.326 e. The van der Waals surface area contributed by atoms with Crippen molar-refractivity contribution in [1.82, 2.24) is 4.90 Å². The van der Waals surface area contributed by atoms with Gasteiger partial charge in [0, 0.05) is 12.1 Å². The second-order valence-electron chi connectivity index (χ2n) is 5.20. The molecule has 1 aliphatic carbocycles. The van der Waals surface area contributed by atoms with Gasteiger partial charge in [0.25, 0.3) is 0 Å². The largest absolute Gasteiger partial charge is 0.465 e. The van der Waals surface area contributed by atoms with Crippen LogP contribution in [0.3, 0.4) is 0 Å². The van der Waals surface area contributed by atoms with Gasteiger partial charge in [-0.25, -0.2) is 0 Å². The standard InChI is InChI=1S/C13H26N2O2/c1-5-10(3)15(4)11-7-8-13(14,9-11)12(16)17-6-2/h10-11H,5-9,14H2,1-4H3. The number of carbonyl (C=O) groups excluding carboxylic acids is 1. The van der Waals surface area contributed by atoms with Gasteiger partial charge in [-0.3, -0.25) is 4.79 Å². The lowest BCUT2D eigenvalue weighted by Crippen LogP contribution is -2.48. The van der Waals surface area contributed by atoms with E-state index in [0.717, 1.165) is 19.3 Å². The fourth-order valence-electron chi connectivity index (χ4n) is 2.50. The minimum Gasteiger partial charge on any atom is -0.465 e. The van der Waals surface area contributed by atoms with Crippen LogP contribution in [0.15, 0.2) is 0 Å². The molecule has 0 radical (unpaired) electrons. The maximum atomic E-state index is 11.8. The zero-order valence-electron chi connectivity index (χ0n) is 11.5. The van der Waals surface area contributed by atoms with Gasteiger partial charge in [-0.15, -0.1) is 0 Å². The molecule has 3 atom stereocenters. The molecule has 1 aliphatic rings. The number of hydrogen-bond donors (Lipinski definition) is 1. The Labute approximate surface area is 104 Å². The molecule has 4 heteroatoms. The van der Waals surface area contributed by atoms with Gasteiger partial charge in [-0.2, -0.15) is 0 Å². The van der Waals surface area contributed by atoms with Crippen molar-refractivity contribution in [3.05, 3.63) is 0 Å². The SMILES string of the molecule is CCOC(=O)C1(N)CCC(N(C)C(C)CC)C1. The van der Waals surface area contributed by atoms with E-state index in [9.17, 15) is 4.79 Å². The first-order valence-corrected chi connectivity index (χ1v) is 6.62. The minimum absolute atomic E-state index is 0.236. The van der Waals surface area contributed by atoms with Crippen LogP contribution < -0.4 is 5.73 Å². The molecule has 1 fully saturated rings. The van der Waals surface area contributed by atoms with E-state index in [1.54, 1.807) is 0 Å². The fraction of sp³-hybridized carbons (Fsp3) is 0.923. The van der Waals surface area contributed by atoms with Crippen molar-refractivity contribution in [2.75, 3.05) is 13.7 Å². The molecule has 0 aliphatic heterocycles. The van der Waals surface area contributed by atoms with Crippen LogP contribution in [-0.2, 0) is 9.53 Å². The van der Waals surface area contributed by atoms with Gasteiger partial charge >= 0.3 is 5.97 Å². The molecule has 0 bridgehead atoms. The third kappa shape index (κ3) is 3.19. The highest BCUT2D eigenvalue weighted by Gasteiger charge is 2.44. The zero-order valence-corrected chi connectivity index (χ0v) is 11.5. The van der Waals surface area contributed by atoms with Crippen LogP contribution in [0.2, 0.25) is 0 Å². The Morgan fingerprint density at radius 1 is 1.59 bits per heavy atom. The maximum absolute atomic E-state index is 11.8. The van der Waals surface area contributed by atoms with E-state index in [4.69, 9.17) is 10.5 Å². The van der Waals surface area contributed by atoms with Crippen molar-refractivity contribution in [2.24, 2.45) is 5.73 Å². The van der Waals surface area contributed by atoms with E-state index in [-0.39, 0.29) is 5.97 Å². The Balaban J connectivity index is 2.59. The molecule has 2 N–H and O–H groups in total. The topological polar surface area (TPSA) is 55.6 Å².